The van der Waals surface area contributed by atoms with Crippen LogP contribution in [0.15, 0.2) is 0 Å². The van der Waals surface area contributed by atoms with Crippen LogP contribution in [0.4, 0.5) is 0 Å². The van der Waals surface area contributed by atoms with Crippen molar-refractivity contribution in [1.29, 1.82) is 0 Å². The first kappa shape index (κ1) is 25.9. The van der Waals surface area contributed by atoms with Crippen LogP contribution in [0.1, 0.15) is 111 Å². The van der Waals surface area contributed by atoms with Gasteiger partial charge in [0.05, 0.1) is 6.04 Å². The Labute approximate surface area is 166 Å². The maximum absolute atomic E-state index is 11.2. The molecule has 2 atom stereocenters. The Hall–Kier alpha value is -1.10. The third-order valence-corrected chi connectivity index (χ3v) is 4.87. The zero-order valence-corrected chi connectivity index (χ0v) is 18.0. The van der Waals surface area contributed by atoms with Gasteiger partial charge in [-0.1, -0.05) is 84.0 Å². The molecule has 0 heterocycles. The quantitative estimate of drug-likeness (QED) is 0.256. The molecule has 0 amide bonds. The zero-order chi connectivity index (χ0) is 20.3. The Bertz CT molecular complexity index is 373. The van der Waals surface area contributed by atoms with Crippen molar-refractivity contribution in [2.75, 3.05) is 6.61 Å². The second kappa shape index (κ2) is 18.3. The molecule has 0 saturated heterocycles. The summed E-state index contributed by atoms with van der Waals surface area (Å²) in [6.07, 6.45) is 17.2. The summed E-state index contributed by atoms with van der Waals surface area (Å²) in [5.41, 5.74) is 6.01. The first-order chi connectivity index (χ1) is 13.0. The number of hydrogen-bond donors (Lipinski definition) is 1. The fourth-order valence-electron chi connectivity index (χ4n) is 3.26. The van der Waals surface area contributed by atoms with Crippen molar-refractivity contribution >= 4 is 11.9 Å². The third kappa shape index (κ3) is 18.0. The van der Waals surface area contributed by atoms with Crippen LogP contribution in [0, 0.1) is 0 Å². The van der Waals surface area contributed by atoms with Crippen molar-refractivity contribution in [3.05, 3.63) is 0 Å². The van der Waals surface area contributed by atoms with E-state index in [-0.39, 0.29) is 24.6 Å². The minimum atomic E-state index is -0.463. The van der Waals surface area contributed by atoms with Crippen molar-refractivity contribution in [1.82, 2.24) is 0 Å². The molecule has 0 aliphatic heterocycles. The van der Waals surface area contributed by atoms with Gasteiger partial charge in [-0.15, -0.1) is 0 Å². The predicted octanol–water partition coefficient (Wildman–Crippen LogP) is 5.29. The van der Waals surface area contributed by atoms with E-state index in [1.54, 1.807) is 0 Å². The molecule has 27 heavy (non-hydrogen) atoms. The highest BCUT2D eigenvalue weighted by Crippen LogP contribution is 2.15. The minimum Gasteiger partial charge on any atom is -0.464 e. The standard InChI is InChI=1S/C22H43NO4/c1-4-5-6-7-8-9-10-11-12-13-14-15-16-17-22(27-20(3)25)21(23)18-26-19(2)24/h21-22H,4-18,23H2,1-3H3/t21-,22+/m1/s1. The van der Waals surface area contributed by atoms with Crippen molar-refractivity contribution in [2.45, 2.75) is 123 Å². The van der Waals surface area contributed by atoms with E-state index in [4.69, 9.17) is 15.2 Å². The maximum Gasteiger partial charge on any atom is 0.302 e. The van der Waals surface area contributed by atoms with Gasteiger partial charge in [0.2, 0.25) is 0 Å². The average molecular weight is 386 g/mol. The van der Waals surface area contributed by atoms with Crippen molar-refractivity contribution in [2.24, 2.45) is 5.73 Å². The van der Waals surface area contributed by atoms with Crippen LogP contribution in [0.3, 0.4) is 0 Å². The molecule has 0 radical (unpaired) electrons. The molecule has 5 nitrogen and oxygen atoms in total. The average Bonchev–Trinajstić information content (AvgIpc) is 2.62. The monoisotopic (exact) mass is 385 g/mol. The Morgan fingerprint density at radius 2 is 1.19 bits per heavy atom. The summed E-state index contributed by atoms with van der Waals surface area (Å²) in [5, 5.41) is 0. The van der Waals surface area contributed by atoms with Gasteiger partial charge in [-0.3, -0.25) is 9.59 Å². The van der Waals surface area contributed by atoms with E-state index in [1.807, 2.05) is 0 Å². The van der Waals surface area contributed by atoms with Crippen molar-refractivity contribution in [3.63, 3.8) is 0 Å². The van der Waals surface area contributed by atoms with Gasteiger partial charge in [0.25, 0.3) is 0 Å². The number of hydrogen-bond acceptors (Lipinski definition) is 5. The minimum absolute atomic E-state index is 0.0890. The van der Waals surface area contributed by atoms with Crippen LogP contribution < -0.4 is 5.73 Å². The lowest BCUT2D eigenvalue weighted by molar-refractivity contribution is -0.150. The summed E-state index contributed by atoms with van der Waals surface area (Å²) in [6.45, 7) is 5.08. The molecule has 0 aromatic heterocycles. The smallest absolute Gasteiger partial charge is 0.302 e. The van der Waals surface area contributed by atoms with Crippen LogP contribution >= 0.6 is 0 Å². The molecule has 0 saturated carbocycles. The molecule has 160 valence electrons. The van der Waals surface area contributed by atoms with Crippen LogP contribution in [0.2, 0.25) is 0 Å². The molecule has 0 aliphatic rings. The molecule has 0 rings (SSSR count). The van der Waals surface area contributed by atoms with Crippen LogP contribution in [-0.4, -0.2) is 30.7 Å². The Morgan fingerprint density at radius 1 is 0.741 bits per heavy atom. The topological polar surface area (TPSA) is 78.6 Å². The van der Waals surface area contributed by atoms with E-state index in [0.29, 0.717) is 0 Å². The normalized spacial score (nSPS) is 13.2. The van der Waals surface area contributed by atoms with Gasteiger partial charge >= 0.3 is 11.9 Å². The highest BCUT2D eigenvalue weighted by atomic mass is 16.6. The predicted molar refractivity (Wildman–Crippen MR) is 110 cm³/mol. The van der Waals surface area contributed by atoms with E-state index in [9.17, 15) is 9.59 Å². The number of carbonyl (C=O) groups excluding carboxylic acids is 2. The lowest BCUT2D eigenvalue weighted by Crippen LogP contribution is -2.41. The van der Waals surface area contributed by atoms with E-state index >= 15 is 0 Å². The highest BCUT2D eigenvalue weighted by Gasteiger charge is 2.21. The van der Waals surface area contributed by atoms with Crippen molar-refractivity contribution < 1.29 is 19.1 Å². The molecular weight excluding hydrogens is 342 g/mol. The fraction of sp³-hybridized carbons (Fsp3) is 0.909. The van der Waals surface area contributed by atoms with Gasteiger partial charge in [0.1, 0.15) is 12.7 Å². The van der Waals surface area contributed by atoms with Crippen LogP contribution in [-0.2, 0) is 19.1 Å². The van der Waals surface area contributed by atoms with Gasteiger partial charge in [0.15, 0.2) is 0 Å². The van der Waals surface area contributed by atoms with Gasteiger partial charge in [-0.25, -0.2) is 0 Å². The SMILES string of the molecule is CCCCCCCCCCCCCCC[C@H](OC(C)=O)[C@H](N)COC(C)=O. The molecule has 0 aromatic rings. The number of rotatable bonds is 18. The number of esters is 2. The number of ether oxygens (including phenoxy) is 2. The lowest BCUT2D eigenvalue weighted by atomic mass is 10.0. The van der Waals surface area contributed by atoms with Crippen LogP contribution in [0.5, 0.6) is 0 Å². The van der Waals surface area contributed by atoms with E-state index < -0.39 is 6.04 Å². The zero-order valence-electron chi connectivity index (χ0n) is 18.0. The van der Waals surface area contributed by atoms with E-state index in [2.05, 4.69) is 6.92 Å². The Morgan fingerprint density at radius 3 is 1.59 bits per heavy atom. The first-order valence-corrected chi connectivity index (χ1v) is 11.0. The molecule has 5 heteroatoms. The Balaban J connectivity index is 3.64. The first-order valence-electron chi connectivity index (χ1n) is 11.0. The summed E-state index contributed by atoms with van der Waals surface area (Å²) in [5.74, 6) is -0.707. The van der Waals surface area contributed by atoms with E-state index in [0.717, 1.165) is 19.3 Å². The second-order valence-electron chi connectivity index (χ2n) is 7.65. The van der Waals surface area contributed by atoms with Gasteiger partial charge in [-0.05, 0) is 12.8 Å². The van der Waals surface area contributed by atoms with Crippen molar-refractivity contribution in [3.8, 4) is 0 Å². The number of unbranched alkanes of at least 4 members (excludes halogenated alkanes) is 12. The van der Waals surface area contributed by atoms with Gasteiger partial charge in [-0.2, -0.15) is 0 Å². The summed E-state index contributed by atoms with van der Waals surface area (Å²) in [7, 11) is 0. The highest BCUT2D eigenvalue weighted by molar-refractivity contribution is 5.66. The molecule has 0 aromatic carbocycles. The summed E-state index contributed by atoms with van der Waals surface area (Å²) >= 11 is 0. The third-order valence-electron chi connectivity index (χ3n) is 4.87. The molecular formula is C22H43NO4. The van der Waals surface area contributed by atoms with Crippen LogP contribution in [0.25, 0.3) is 0 Å². The molecule has 0 spiro atoms. The van der Waals surface area contributed by atoms with Gasteiger partial charge in [0, 0.05) is 13.8 Å². The molecule has 0 bridgehead atoms. The number of carbonyl (C=O) groups is 2. The summed E-state index contributed by atoms with van der Waals surface area (Å²) in [6, 6.07) is -0.463. The summed E-state index contributed by atoms with van der Waals surface area (Å²) in [4.78, 5) is 22.1. The molecule has 0 unspecified atom stereocenters. The lowest BCUT2D eigenvalue weighted by Gasteiger charge is -2.23. The molecule has 2 N–H and O–H groups in total. The maximum atomic E-state index is 11.2. The fourth-order valence-corrected chi connectivity index (χ4v) is 3.26. The largest absolute Gasteiger partial charge is 0.464 e. The summed E-state index contributed by atoms with van der Waals surface area (Å²) < 4.78 is 10.2. The number of nitrogens with two attached hydrogens (primary N) is 1. The Kier molecular flexibility index (Phi) is 17.5. The van der Waals surface area contributed by atoms with E-state index in [1.165, 1.54) is 84.5 Å². The van der Waals surface area contributed by atoms with Gasteiger partial charge < -0.3 is 15.2 Å². The second-order valence-corrected chi connectivity index (χ2v) is 7.65. The molecule has 0 aliphatic carbocycles. The molecule has 0 fully saturated rings.